The molecule has 5 nitrogen and oxygen atoms in total. The van der Waals surface area contributed by atoms with Gasteiger partial charge in [-0.25, -0.2) is 9.67 Å². The maximum Gasteiger partial charge on any atom is 0.0908 e. The monoisotopic (exact) mass is 285 g/mol. The van der Waals surface area contributed by atoms with Crippen LogP contribution in [0.1, 0.15) is 16.1 Å². The molecule has 0 bridgehead atoms. The molecule has 1 N–H and O–H groups in total. The fraction of sp³-hybridized carbons (Fsp3) is 0.214. The predicted octanol–water partition coefficient (Wildman–Crippen LogP) is 2.95. The third-order valence-corrected chi connectivity index (χ3v) is 3.98. The van der Waals surface area contributed by atoms with Crippen LogP contribution in [-0.4, -0.2) is 19.7 Å². The summed E-state index contributed by atoms with van der Waals surface area (Å²) >= 11 is 1.66. The Morgan fingerprint density at radius 3 is 2.90 bits per heavy atom. The topological polar surface area (TPSA) is 55.6 Å². The van der Waals surface area contributed by atoms with E-state index >= 15 is 0 Å². The highest BCUT2D eigenvalue weighted by atomic mass is 32.1. The molecule has 3 rings (SSSR count). The Hall–Kier alpha value is -2.21. The minimum atomic E-state index is 0.745. The Kier molecular flexibility index (Phi) is 3.47. The van der Waals surface area contributed by atoms with Gasteiger partial charge in [0.15, 0.2) is 0 Å². The summed E-state index contributed by atoms with van der Waals surface area (Å²) in [4.78, 5) is 9.68. The second-order valence-corrected chi connectivity index (χ2v) is 5.51. The second kappa shape index (κ2) is 5.42. The minimum Gasteiger partial charge on any atom is -0.377 e. The molecule has 3 aromatic rings. The number of aryl methyl sites for hydroxylation is 2. The highest BCUT2D eigenvalue weighted by Gasteiger charge is 2.07. The Morgan fingerprint density at radius 2 is 2.20 bits per heavy atom. The van der Waals surface area contributed by atoms with E-state index in [1.165, 1.54) is 4.88 Å². The van der Waals surface area contributed by atoms with E-state index in [-0.39, 0.29) is 0 Å². The lowest BCUT2D eigenvalue weighted by Crippen LogP contribution is -2.05. The highest BCUT2D eigenvalue weighted by molar-refractivity contribution is 7.09. The van der Waals surface area contributed by atoms with E-state index < -0.39 is 0 Å². The van der Waals surface area contributed by atoms with Gasteiger partial charge in [0.25, 0.3) is 0 Å². The highest BCUT2D eigenvalue weighted by Crippen LogP contribution is 2.21. The number of thiazole rings is 1. The van der Waals surface area contributed by atoms with E-state index in [2.05, 4.69) is 20.4 Å². The molecular weight excluding hydrogens is 270 g/mol. The largest absolute Gasteiger partial charge is 0.377 e. The molecule has 0 saturated heterocycles. The van der Waals surface area contributed by atoms with E-state index in [1.54, 1.807) is 17.5 Å². The predicted molar refractivity (Wildman–Crippen MR) is 80.3 cm³/mol. The lowest BCUT2D eigenvalue weighted by molar-refractivity contribution is 0.876. The van der Waals surface area contributed by atoms with Crippen molar-refractivity contribution in [3.8, 4) is 5.69 Å². The van der Waals surface area contributed by atoms with Crippen molar-refractivity contribution in [3.05, 3.63) is 52.5 Å². The number of anilines is 1. The fourth-order valence-corrected chi connectivity index (χ4v) is 2.66. The Labute approximate surface area is 121 Å². The molecule has 0 atom stereocenters. The van der Waals surface area contributed by atoms with Crippen LogP contribution in [0.15, 0.2) is 36.4 Å². The van der Waals surface area contributed by atoms with Gasteiger partial charge in [-0.1, -0.05) is 0 Å². The summed E-state index contributed by atoms with van der Waals surface area (Å²) in [6.07, 6.45) is 7.44. The van der Waals surface area contributed by atoms with Gasteiger partial charge in [0.05, 0.1) is 41.5 Å². The number of rotatable bonds is 4. The van der Waals surface area contributed by atoms with E-state index in [0.29, 0.717) is 0 Å². The summed E-state index contributed by atoms with van der Waals surface area (Å²) in [5.41, 5.74) is 6.03. The Bertz CT molecular complexity index is 716. The third kappa shape index (κ3) is 2.55. The average Bonchev–Trinajstić information content (AvgIpc) is 3.06. The summed E-state index contributed by atoms with van der Waals surface area (Å²) in [6, 6.07) is 1.95. The molecule has 0 aliphatic heterocycles. The van der Waals surface area contributed by atoms with Crippen molar-refractivity contribution in [2.75, 3.05) is 5.32 Å². The van der Waals surface area contributed by atoms with Crippen LogP contribution in [0.2, 0.25) is 0 Å². The van der Waals surface area contributed by atoms with Crippen LogP contribution in [0, 0.1) is 13.8 Å². The molecule has 0 aliphatic carbocycles. The summed E-state index contributed by atoms with van der Waals surface area (Å²) in [5, 5.41) is 7.76. The molecule has 0 aromatic carbocycles. The zero-order valence-electron chi connectivity index (χ0n) is 11.4. The van der Waals surface area contributed by atoms with Gasteiger partial charge in [-0.2, -0.15) is 5.10 Å². The van der Waals surface area contributed by atoms with Crippen molar-refractivity contribution in [3.63, 3.8) is 0 Å². The molecular formula is C14H15N5S. The van der Waals surface area contributed by atoms with E-state index in [1.807, 2.05) is 48.7 Å². The third-order valence-electron chi connectivity index (χ3n) is 3.04. The number of pyridine rings is 1. The molecule has 0 fully saturated rings. The van der Waals surface area contributed by atoms with Crippen LogP contribution in [0.4, 0.5) is 5.69 Å². The first-order chi connectivity index (χ1) is 9.74. The average molecular weight is 285 g/mol. The summed E-state index contributed by atoms with van der Waals surface area (Å²) in [7, 11) is 0. The van der Waals surface area contributed by atoms with Gasteiger partial charge in [0.1, 0.15) is 0 Å². The zero-order valence-corrected chi connectivity index (χ0v) is 12.2. The van der Waals surface area contributed by atoms with Crippen LogP contribution in [0.3, 0.4) is 0 Å². The van der Waals surface area contributed by atoms with E-state index in [0.717, 1.165) is 29.2 Å². The zero-order chi connectivity index (χ0) is 13.9. The molecule has 3 aromatic heterocycles. The molecule has 0 saturated carbocycles. The van der Waals surface area contributed by atoms with Gasteiger partial charge >= 0.3 is 0 Å². The first kappa shape index (κ1) is 12.8. The van der Waals surface area contributed by atoms with Crippen molar-refractivity contribution >= 4 is 17.0 Å². The van der Waals surface area contributed by atoms with Crippen molar-refractivity contribution in [1.29, 1.82) is 0 Å². The SMILES string of the molecule is Cc1cnn(-c2ccncc2NCc2scnc2C)c1. The smallest absolute Gasteiger partial charge is 0.0908 e. The number of nitrogens with one attached hydrogen (secondary N) is 1. The summed E-state index contributed by atoms with van der Waals surface area (Å²) in [6.45, 7) is 4.79. The van der Waals surface area contributed by atoms with Gasteiger partial charge in [0, 0.05) is 17.3 Å². The van der Waals surface area contributed by atoms with Crippen molar-refractivity contribution in [2.45, 2.75) is 20.4 Å². The van der Waals surface area contributed by atoms with Crippen molar-refractivity contribution in [1.82, 2.24) is 19.7 Å². The van der Waals surface area contributed by atoms with Gasteiger partial charge in [-0.15, -0.1) is 11.3 Å². The number of hydrogen-bond donors (Lipinski definition) is 1. The second-order valence-electron chi connectivity index (χ2n) is 4.57. The van der Waals surface area contributed by atoms with Crippen LogP contribution in [0.25, 0.3) is 5.69 Å². The molecule has 20 heavy (non-hydrogen) atoms. The molecule has 6 heteroatoms. The van der Waals surface area contributed by atoms with Gasteiger partial charge in [-0.05, 0) is 25.5 Å². The van der Waals surface area contributed by atoms with Crippen LogP contribution in [-0.2, 0) is 6.54 Å². The maximum absolute atomic E-state index is 4.35. The fourth-order valence-electron chi connectivity index (χ4n) is 1.94. The lowest BCUT2D eigenvalue weighted by Gasteiger charge is -2.10. The molecule has 0 amide bonds. The standard InChI is InChI=1S/C14H15N5S/c1-10-5-18-19(8-10)13-3-4-15-6-12(13)16-7-14-11(2)17-9-20-14/h3-6,8-9,16H,7H2,1-2H3. The normalized spacial score (nSPS) is 10.7. The molecule has 0 unspecified atom stereocenters. The molecule has 102 valence electrons. The van der Waals surface area contributed by atoms with Gasteiger partial charge in [-0.3, -0.25) is 4.98 Å². The summed E-state index contributed by atoms with van der Waals surface area (Å²) < 4.78 is 1.86. The molecule has 3 heterocycles. The number of aromatic nitrogens is 4. The van der Waals surface area contributed by atoms with E-state index in [9.17, 15) is 0 Å². The number of nitrogens with zero attached hydrogens (tertiary/aromatic N) is 4. The lowest BCUT2D eigenvalue weighted by atomic mass is 10.3. The van der Waals surface area contributed by atoms with Crippen LogP contribution >= 0.6 is 11.3 Å². The Balaban J connectivity index is 1.85. The van der Waals surface area contributed by atoms with E-state index in [4.69, 9.17) is 0 Å². The first-order valence-corrected chi connectivity index (χ1v) is 7.20. The quantitative estimate of drug-likeness (QED) is 0.800. The van der Waals surface area contributed by atoms with Crippen molar-refractivity contribution < 1.29 is 0 Å². The molecule has 0 radical (unpaired) electrons. The van der Waals surface area contributed by atoms with Crippen LogP contribution in [0.5, 0.6) is 0 Å². The minimum absolute atomic E-state index is 0.745. The summed E-state index contributed by atoms with van der Waals surface area (Å²) in [5.74, 6) is 0. The Morgan fingerprint density at radius 1 is 1.30 bits per heavy atom. The van der Waals surface area contributed by atoms with Gasteiger partial charge < -0.3 is 5.32 Å². The number of hydrogen-bond acceptors (Lipinski definition) is 5. The van der Waals surface area contributed by atoms with Gasteiger partial charge in [0.2, 0.25) is 0 Å². The molecule has 0 aliphatic rings. The maximum atomic E-state index is 4.35. The molecule has 0 spiro atoms. The van der Waals surface area contributed by atoms with Crippen molar-refractivity contribution in [2.24, 2.45) is 0 Å². The first-order valence-electron chi connectivity index (χ1n) is 6.32. The van der Waals surface area contributed by atoms with Crippen LogP contribution < -0.4 is 5.32 Å².